The van der Waals surface area contributed by atoms with Gasteiger partial charge in [0, 0.05) is 29.9 Å². The van der Waals surface area contributed by atoms with Gasteiger partial charge in [-0.2, -0.15) is 0 Å². The Morgan fingerprint density at radius 2 is 2.14 bits per heavy atom. The first-order chi connectivity index (χ1) is 10.4. The average molecular weight is 281 g/mol. The first-order valence-electron chi connectivity index (χ1n) is 7.68. The Kier molecular flexibility index (Phi) is 3.11. The third-order valence-electron chi connectivity index (χ3n) is 4.40. The van der Waals surface area contributed by atoms with Crippen LogP contribution in [0.1, 0.15) is 47.6 Å². The zero-order valence-corrected chi connectivity index (χ0v) is 12.2. The lowest BCUT2D eigenvalue weighted by molar-refractivity contribution is 0.274. The van der Waals surface area contributed by atoms with Crippen LogP contribution in [-0.4, -0.2) is 16.6 Å². The SMILES string of the molecule is CCc1nc(C2CCOc3ccccc32)nc2c1CNC2. The number of aromatic nitrogens is 2. The van der Waals surface area contributed by atoms with Gasteiger partial charge in [0.2, 0.25) is 0 Å². The van der Waals surface area contributed by atoms with Crippen LogP contribution in [0.15, 0.2) is 24.3 Å². The summed E-state index contributed by atoms with van der Waals surface area (Å²) in [7, 11) is 0. The Morgan fingerprint density at radius 3 is 3.05 bits per heavy atom. The largest absolute Gasteiger partial charge is 0.493 e. The minimum Gasteiger partial charge on any atom is -0.493 e. The van der Waals surface area contributed by atoms with Gasteiger partial charge in [-0.05, 0) is 18.9 Å². The maximum absolute atomic E-state index is 5.76. The monoisotopic (exact) mass is 281 g/mol. The van der Waals surface area contributed by atoms with Gasteiger partial charge in [-0.25, -0.2) is 9.97 Å². The summed E-state index contributed by atoms with van der Waals surface area (Å²) in [5, 5.41) is 3.38. The molecular weight excluding hydrogens is 262 g/mol. The minimum absolute atomic E-state index is 0.256. The van der Waals surface area contributed by atoms with E-state index in [0.29, 0.717) is 0 Å². The van der Waals surface area contributed by atoms with Gasteiger partial charge in [0.05, 0.1) is 18.2 Å². The minimum atomic E-state index is 0.256. The molecule has 0 amide bonds. The van der Waals surface area contributed by atoms with Gasteiger partial charge in [-0.15, -0.1) is 0 Å². The second-order valence-corrected chi connectivity index (χ2v) is 5.64. The number of para-hydroxylation sites is 1. The van der Waals surface area contributed by atoms with Crippen LogP contribution in [0.4, 0.5) is 0 Å². The Balaban J connectivity index is 1.81. The van der Waals surface area contributed by atoms with E-state index in [4.69, 9.17) is 14.7 Å². The van der Waals surface area contributed by atoms with Crippen molar-refractivity contribution in [2.45, 2.75) is 38.8 Å². The molecule has 0 bridgehead atoms. The van der Waals surface area contributed by atoms with Gasteiger partial charge >= 0.3 is 0 Å². The molecule has 0 saturated carbocycles. The lowest BCUT2D eigenvalue weighted by Crippen LogP contribution is -2.18. The van der Waals surface area contributed by atoms with E-state index in [9.17, 15) is 0 Å². The van der Waals surface area contributed by atoms with Crippen molar-refractivity contribution in [1.82, 2.24) is 15.3 Å². The van der Waals surface area contributed by atoms with E-state index in [0.717, 1.165) is 44.1 Å². The highest BCUT2D eigenvalue weighted by atomic mass is 16.5. The first-order valence-corrected chi connectivity index (χ1v) is 7.68. The molecule has 0 radical (unpaired) electrons. The lowest BCUT2D eigenvalue weighted by Gasteiger charge is -2.25. The van der Waals surface area contributed by atoms with Crippen molar-refractivity contribution in [2.24, 2.45) is 0 Å². The molecule has 4 nitrogen and oxygen atoms in total. The van der Waals surface area contributed by atoms with Gasteiger partial charge in [-0.1, -0.05) is 25.1 Å². The van der Waals surface area contributed by atoms with E-state index in [1.807, 2.05) is 12.1 Å². The maximum Gasteiger partial charge on any atom is 0.136 e. The van der Waals surface area contributed by atoms with E-state index >= 15 is 0 Å². The maximum atomic E-state index is 5.76. The Labute approximate surface area is 124 Å². The predicted molar refractivity (Wildman–Crippen MR) is 80.4 cm³/mol. The summed E-state index contributed by atoms with van der Waals surface area (Å²) < 4.78 is 5.76. The number of hydrogen-bond acceptors (Lipinski definition) is 4. The molecule has 0 saturated heterocycles. The zero-order valence-electron chi connectivity index (χ0n) is 12.2. The van der Waals surface area contributed by atoms with Crippen LogP contribution in [0.2, 0.25) is 0 Å². The smallest absolute Gasteiger partial charge is 0.136 e. The fourth-order valence-electron chi connectivity index (χ4n) is 3.32. The molecule has 0 fully saturated rings. The number of ether oxygens (including phenoxy) is 1. The van der Waals surface area contributed by atoms with Gasteiger partial charge in [0.1, 0.15) is 11.6 Å². The molecule has 0 aliphatic carbocycles. The second-order valence-electron chi connectivity index (χ2n) is 5.64. The van der Waals surface area contributed by atoms with E-state index in [1.165, 1.54) is 22.5 Å². The summed E-state index contributed by atoms with van der Waals surface area (Å²) in [5.74, 6) is 2.20. The van der Waals surface area contributed by atoms with Crippen molar-refractivity contribution in [2.75, 3.05) is 6.61 Å². The Morgan fingerprint density at radius 1 is 1.24 bits per heavy atom. The molecule has 2 aliphatic rings. The quantitative estimate of drug-likeness (QED) is 0.919. The first kappa shape index (κ1) is 12.8. The fourth-order valence-corrected chi connectivity index (χ4v) is 3.32. The number of nitrogens with one attached hydrogen (secondary N) is 1. The summed E-state index contributed by atoms with van der Waals surface area (Å²) >= 11 is 0. The third-order valence-corrected chi connectivity index (χ3v) is 4.40. The summed E-state index contributed by atoms with van der Waals surface area (Å²) in [6.45, 7) is 4.68. The van der Waals surface area contributed by atoms with Crippen LogP contribution in [-0.2, 0) is 19.5 Å². The van der Waals surface area contributed by atoms with Crippen LogP contribution in [0.25, 0.3) is 0 Å². The second kappa shape index (κ2) is 5.11. The highest BCUT2D eigenvalue weighted by Gasteiger charge is 2.27. The molecule has 4 rings (SSSR count). The van der Waals surface area contributed by atoms with E-state index in [1.54, 1.807) is 0 Å². The molecule has 0 spiro atoms. The number of benzene rings is 1. The Bertz CT molecular complexity index is 684. The number of aryl methyl sites for hydroxylation is 1. The standard InChI is InChI=1S/C17H19N3O/c1-2-14-13-9-18-10-15(13)20-17(19-14)12-7-8-21-16-6-4-3-5-11(12)16/h3-6,12,18H,2,7-10H2,1H3. The molecule has 2 aliphatic heterocycles. The molecule has 1 aromatic carbocycles. The summed E-state index contributed by atoms with van der Waals surface area (Å²) in [4.78, 5) is 9.73. The Hall–Kier alpha value is -1.94. The topological polar surface area (TPSA) is 47.0 Å². The van der Waals surface area contributed by atoms with Crippen LogP contribution < -0.4 is 10.1 Å². The van der Waals surface area contributed by atoms with Crippen molar-refractivity contribution in [3.8, 4) is 5.75 Å². The normalized spacial score (nSPS) is 19.8. The van der Waals surface area contributed by atoms with Gasteiger partial charge < -0.3 is 10.1 Å². The molecule has 1 N–H and O–H groups in total. The van der Waals surface area contributed by atoms with E-state index in [-0.39, 0.29) is 5.92 Å². The summed E-state index contributed by atoms with van der Waals surface area (Å²) in [6, 6.07) is 8.26. The van der Waals surface area contributed by atoms with Crippen LogP contribution in [0, 0.1) is 0 Å². The molecule has 1 atom stereocenters. The molecule has 1 unspecified atom stereocenters. The number of hydrogen-bond donors (Lipinski definition) is 1. The van der Waals surface area contributed by atoms with Crippen molar-refractivity contribution in [3.63, 3.8) is 0 Å². The summed E-state index contributed by atoms with van der Waals surface area (Å²) in [5.41, 5.74) is 4.91. The zero-order chi connectivity index (χ0) is 14.2. The third kappa shape index (κ3) is 2.10. The fraction of sp³-hybridized carbons (Fsp3) is 0.412. The highest BCUT2D eigenvalue weighted by Crippen LogP contribution is 2.37. The van der Waals surface area contributed by atoms with Crippen LogP contribution in [0.3, 0.4) is 0 Å². The van der Waals surface area contributed by atoms with Gasteiger partial charge in [0.15, 0.2) is 0 Å². The molecule has 4 heteroatoms. The summed E-state index contributed by atoms with van der Waals surface area (Å²) in [6.07, 6.45) is 1.91. The number of fused-ring (bicyclic) bond motifs is 2. The molecule has 108 valence electrons. The molecule has 2 aromatic rings. The van der Waals surface area contributed by atoms with Crippen molar-refractivity contribution < 1.29 is 4.74 Å². The van der Waals surface area contributed by atoms with E-state index < -0.39 is 0 Å². The van der Waals surface area contributed by atoms with Crippen molar-refractivity contribution in [3.05, 3.63) is 52.6 Å². The molecule has 3 heterocycles. The van der Waals surface area contributed by atoms with Gasteiger partial charge in [0.25, 0.3) is 0 Å². The molecule has 1 aromatic heterocycles. The highest BCUT2D eigenvalue weighted by molar-refractivity contribution is 5.42. The molecular formula is C17H19N3O. The van der Waals surface area contributed by atoms with E-state index in [2.05, 4.69) is 24.4 Å². The van der Waals surface area contributed by atoms with Crippen molar-refractivity contribution >= 4 is 0 Å². The lowest BCUT2D eigenvalue weighted by atomic mass is 9.92. The van der Waals surface area contributed by atoms with Gasteiger partial charge in [-0.3, -0.25) is 0 Å². The van der Waals surface area contributed by atoms with Crippen LogP contribution in [0.5, 0.6) is 5.75 Å². The van der Waals surface area contributed by atoms with Crippen molar-refractivity contribution in [1.29, 1.82) is 0 Å². The number of rotatable bonds is 2. The van der Waals surface area contributed by atoms with Crippen LogP contribution >= 0.6 is 0 Å². The predicted octanol–water partition coefficient (Wildman–Crippen LogP) is 2.56. The average Bonchev–Trinajstić information content (AvgIpc) is 3.02. The molecule has 21 heavy (non-hydrogen) atoms. The number of nitrogens with zero attached hydrogens (tertiary/aromatic N) is 2.